The first-order valence-electron chi connectivity index (χ1n) is 7.75. The molecule has 2 aromatic carbocycles. The summed E-state index contributed by atoms with van der Waals surface area (Å²) in [6, 6.07) is 20.3. The van der Waals surface area contributed by atoms with Crippen LogP contribution in [0.1, 0.15) is 16.1 Å². The van der Waals surface area contributed by atoms with E-state index in [1.807, 2.05) is 58.5 Å². The molecule has 2 heterocycles. The first-order valence-corrected chi connectivity index (χ1v) is 8.99. The minimum Gasteiger partial charge on any atom is -0.235 e. The normalized spacial score (nSPS) is 15.3. The summed E-state index contributed by atoms with van der Waals surface area (Å²) in [7, 11) is -0.281. The summed E-state index contributed by atoms with van der Waals surface area (Å²) in [5.74, 6) is 0.831. The summed E-state index contributed by atoms with van der Waals surface area (Å²) in [5.41, 5.74) is 8.56. The predicted molar refractivity (Wildman–Crippen MR) is 99.4 cm³/mol. The summed E-state index contributed by atoms with van der Waals surface area (Å²) >= 11 is 0. The number of anilines is 1. The number of aryl methyl sites for hydroxylation is 1. The molecular weight excluding hydrogens is 318 g/mol. The Morgan fingerprint density at radius 2 is 1.58 bits per heavy atom. The van der Waals surface area contributed by atoms with Crippen molar-refractivity contribution in [1.29, 1.82) is 0 Å². The molecule has 6 heteroatoms. The minimum absolute atomic E-state index is 0.281. The molecule has 1 aliphatic rings. The van der Waals surface area contributed by atoms with Crippen LogP contribution in [-0.2, 0) is 0 Å². The van der Waals surface area contributed by atoms with Crippen LogP contribution in [0.25, 0.3) is 0 Å². The van der Waals surface area contributed by atoms with E-state index in [1.54, 1.807) is 0 Å². The number of hydrazine groups is 2. The lowest BCUT2D eigenvalue weighted by atomic mass is 10.2. The lowest BCUT2D eigenvalue weighted by molar-refractivity contribution is 0.831. The van der Waals surface area contributed by atoms with E-state index in [0.29, 0.717) is 0 Å². The molecule has 0 radical (unpaired) electrons. The molecule has 3 aromatic rings. The van der Waals surface area contributed by atoms with Crippen molar-refractivity contribution in [2.24, 2.45) is 5.10 Å². The molecule has 1 atom stereocenters. The van der Waals surface area contributed by atoms with Crippen molar-refractivity contribution in [3.8, 4) is 0 Å². The Kier molecular flexibility index (Phi) is 3.76. The minimum atomic E-state index is -0.281. The van der Waals surface area contributed by atoms with Gasteiger partial charge in [0.1, 0.15) is 15.2 Å². The number of rotatable bonds is 3. The maximum Gasteiger partial charge on any atom is 0.255 e. The Morgan fingerprint density at radius 3 is 2.21 bits per heavy atom. The molecule has 0 bridgehead atoms. The Balaban J connectivity index is 1.78. The van der Waals surface area contributed by atoms with E-state index in [-0.39, 0.29) is 10.7 Å². The van der Waals surface area contributed by atoms with Crippen LogP contribution >= 0.6 is 10.7 Å². The van der Waals surface area contributed by atoms with Crippen LogP contribution in [0.5, 0.6) is 0 Å². The number of aromatic nitrogens is 1. The summed E-state index contributed by atoms with van der Waals surface area (Å²) in [5, 5.41) is 6.72. The number of hydrazone groups is 1. The topological polar surface area (TPSA) is 43.8 Å². The van der Waals surface area contributed by atoms with Crippen molar-refractivity contribution in [1.82, 2.24) is 10.4 Å². The fourth-order valence-electron chi connectivity index (χ4n) is 2.50. The highest BCUT2D eigenvalue weighted by molar-refractivity contribution is 7.31. The third-order valence-electron chi connectivity index (χ3n) is 3.96. The second-order valence-corrected chi connectivity index (χ2v) is 7.31. The summed E-state index contributed by atoms with van der Waals surface area (Å²) in [6.07, 6.45) is 0. The van der Waals surface area contributed by atoms with Crippen molar-refractivity contribution in [2.75, 3.05) is 9.64 Å². The van der Waals surface area contributed by atoms with Crippen LogP contribution in [0.4, 0.5) is 5.69 Å². The first kappa shape index (κ1) is 14.9. The van der Waals surface area contributed by atoms with Crippen molar-refractivity contribution in [3.63, 3.8) is 0 Å². The van der Waals surface area contributed by atoms with Crippen LogP contribution in [0.15, 0.2) is 71.3 Å². The smallest absolute Gasteiger partial charge is 0.235 e. The largest absolute Gasteiger partial charge is 0.255 e. The maximum atomic E-state index is 4.80. The molecule has 24 heavy (non-hydrogen) atoms. The van der Waals surface area contributed by atoms with E-state index in [4.69, 9.17) is 5.10 Å². The van der Waals surface area contributed by atoms with E-state index < -0.39 is 0 Å². The van der Waals surface area contributed by atoms with Crippen LogP contribution < -0.4 is 15.1 Å². The number of nitrogens with zero attached hydrogens (tertiary/aromatic N) is 4. The second-order valence-electron chi connectivity index (χ2n) is 5.52. The van der Waals surface area contributed by atoms with Crippen LogP contribution in [0.2, 0.25) is 0 Å². The SMILES string of the molecule is Cc1nc[s+](N2NC(c3ccccc3)=NN2c2ccccc2)c1C. The van der Waals surface area contributed by atoms with Crippen LogP contribution in [0, 0.1) is 13.8 Å². The fourth-order valence-corrected chi connectivity index (χ4v) is 4.10. The molecule has 1 unspecified atom stereocenters. The Labute approximate surface area is 143 Å². The molecule has 4 rings (SSSR count). The maximum absolute atomic E-state index is 4.80. The Hall–Kier alpha value is -2.70. The lowest BCUT2D eigenvalue weighted by Crippen LogP contribution is -2.43. The standard InChI is InChI=1S/C18H18N5S/c1-14-15(2)24(13-19-14)23-21-18(16-9-5-3-6-10-16)20-22(23)17-11-7-4-8-12-17/h3-13H,1-2H3,(H,20,21)/q+1. The van der Waals surface area contributed by atoms with Gasteiger partial charge in [-0.25, -0.2) is 10.4 Å². The van der Waals surface area contributed by atoms with Crippen molar-refractivity contribution in [2.45, 2.75) is 13.8 Å². The summed E-state index contributed by atoms with van der Waals surface area (Å²) < 4.78 is 2.05. The fraction of sp³-hybridized carbons (Fsp3) is 0.111. The van der Waals surface area contributed by atoms with Crippen molar-refractivity contribution in [3.05, 3.63) is 82.3 Å². The number of amidine groups is 1. The van der Waals surface area contributed by atoms with Gasteiger partial charge in [-0.1, -0.05) is 48.5 Å². The molecule has 0 fully saturated rings. The van der Waals surface area contributed by atoms with E-state index in [1.165, 1.54) is 4.88 Å². The zero-order chi connectivity index (χ0) is 16.5. The zero-order valence-corrected chi connectivity index (χ0v) is 14.4. The van der Waals surface area contributed by atoms with Gasteiger partial charge < -0.3 is 0 Å². The number of hydrogen-bond donors (Lipinski definition) is 1. The Bertz CT molecular complexity index is 873. The van der Waals surface area contributed by atoms with Gasteiger partial charge in [0, 0.05) is 12.5 Å². The van der Waals surface area contributed by atoms with Gasteiger partial charge in [0.2, 0.25) is 0 Å². The first-order chi connectivity index (χ1) is 11.7. The van der Waals surface area contributed by atoms with E-state index in [9.17, 15) is 0 Å². The van der Waals surface area contributed by atoms with Crippen LogP contribution in [-0.4, -0.2) is 10.8 Å². The highest BCUT2D eigenvalue weighted by Crippen LogP contribution is 2.32. The average molecular weight is 336 g/mol. The monoisotopic (exact) mass is 336 g/mol. The van der Waals surface area contributed by atoms with Gasteiger partial charge in [0.05, 0.1) is 11.4 Å². The highest BCUT2D eigenvalue weighted by atomic mass is 32.2. The predicted octanol–water partition coefficient (Wildman–Crippen LogP) is 3.69. The average Bonchev–Trinajstić information content (AvgIpc) is 3.21. The number of para-hydroxylation sites is 1. The van der Waals surface area contributed by atoms with Crippen molar-refractivity contribution >= 4 is 22.2 Å². The molecular formula is C18H18N5S+. The van der Waals surface area contributed by atoms with E-state index in [0.717, 1.165) is 22.8 Å². The molecule has 0 saturated heterocycles. The highest BCUT2D eigenvalue weighted by Gasteiger charge is 2.36. The third kappa shape index (κ3) is 2.55. The summed E-state index contributed by atoms with van der Waals surface area (Å²) in [4.78, 5) is 5.72. The zero-order valence-electron chi connectivity index (χ0n) is 13.5. The Morgan fingerprint density at radius 1 is 0.917 bits per heavy atom. The number of thiazole rings is 1. The van der Waals surface area contributed by atoms with E-state index in [2.05, 4.69) is 41.6 Å². The lowest BCUT2D eigenvalue weighted by Gasteiger charge is -2.18. The van der Waals surface area contributed by atoms with Gasteiger partial charge in [-0.3, -0.25) is 0 Å². The molecule has 5 nitrogen and oxygen atoms in total. The molecule has 1 aromatic heterocycles. The molecule has 0 amide bonds. The number of hydrogen-bond acceptors (Lipinski definition) is 5. The van der Waals surface area contributed by atoms with Gasteiger partial charge in [-0.05, 0) is 19.1 Å². The van der Waals surface area contributed by atoms with Gasteiger partial charge in [-0.2, -0.15) is 0 Å². The van der Waals surface area contributed by atoms with Gasteiger partial charge >= 0.3 is 0 Å². The third-order valence-corrected chi connectivity index (χ3v) is 5.80. The second kappa shape index (κ2) is 6.07. The van der Waals surface area contributed by atoms with Crippen molar-refractivity contribution < 1.29 is 0 Å². The van der Waals surface area contributed by atoms with E-state index >= 15 is 0 Å². The quantitative estimate of drug-likeness (QED) is 0.741. The van der Waals surface area contributed by atoms with Crippen LogP contribution in [0.3, 0.4) is 0 Å². The molecule has 120 valence electrons. The number of nitrogens with one attached hydrogen (secondary N) is 1. The van der Waals surface area contributed by atoms with Gasteiger partial charge in [0.25, 0.3) is 5.51 Å². The molecule has 1 aliphatic heterocycles. The summed E-state index contributed by atoms with van der Waals surface area (Å²) in [6.45, 7) is 4.16. The molecule has 0 aliphatic carbocycles. The molecule has 1 N–H and O–H groups in total. The number of benzene rings is 2. The van der Waals surface area contributed by atoms with Gasteiger partial charge in [-0.15, -0.1) is 10.2 Å². The van der Waals surface area contributed by atoms with Gasteiger partial charge in [0.15, 0.2) is 10.7 Å². The molecule has 0 saturated carbocycles. The molecule has 0 spiro atoms.